The number of rotatable bonds is 5. The molecule has 4 nitrogen and oxygen atoms in total. The van der Waals surface area contributed by atoms with Crippen LogP contribution in [0.4, 0.5) is 0 Å². The van der Waals surface area contributed by atoms with Crippen LogP contribution in [0.2, 0.25) is 0 Å². The molecule has 0 amide bonds. The quantitative estimate of drug-likeness (QED) is 0.730. The van der Waals surface area contributed by atoms with Crippen molar-refractivity contribution < 1.29 is 19.0 Å². The predicted octanol–water partition coefficient (Wildman–Crippen LogP) is 1.74. The summed E-state index contributed by atoms with van der Waals surface area (Å²) in [6, 6.07) is 7.49. The molecule has 1 saturated heterocycles. The summed E-state index contributed by atoms with van der Waals surface area (Å²) in [6.45, 7) is 1.22. The van der Waals surface area contributed by atoms with Gasteiger partial charge in [-0.05, 0) is 17.7 Å². The van der Waals surface area contributed by atoms with E-state index < -0.39 is 0 Å². The van der Waals surface area contributed by atoms with Gasteiger partial charge in [-0.1, -0.05) is 12.1 Å². The lowest BCUT2D eigenvalue weighted by Crippen LogP contribution is -2.14. The van der Waals surface area contributed by atoms with Crippen molar-refractivity contribution in [2.75, 3.05) is 20.3 Å². The Morgan fingerprint density at radius 3 is 2.53 bits per heavy atom. The van der Waals surface area contributed by atoms with Crippen molar-refractivity contribution in [3.63, 3.8) is 0 Å². The van der Waals surface area contributed by atoms with Gasteiger partial charge in [-0.15, -0.1) is 0 Å². The summed E-state index contributed by atoms with van der Waals surface area (Å²) >= 11 is 0. The van der Waals surface area contributed by atoms with Crippen LogP contribution in [0.3, 0.4) is 0 Å². The molecule has 1 aromatic carbocycles. The first-order chi connectivity index (χ1) is 8.33. The van der Waals surface area contributed by atoms with Crippen LogP contribution in [0.15, 0.2) is 24.3 Å². The maximum absolute atomic E-state index is 11.1. The van der Waals surface area contributed by atoms with E-state index in [1.54, 1.807) is 7.11 Å². The maximum atomic E-state index is 11.1. The van der Waals surface area contributed by atoms with E-state index >= 15 is 0 Å². The summed E-state index contributed by atoms with van der Waals surface area (Å²) in [6.07, 6.45) is 1.25. The fraction of sp³-hybridized carbons (Fsp3) is 0.462. The van der Waals surface area contributed by atoms with E-state index in [1.165, 1.54) is 0 Å². The SMILES string of the molecule is COc1ccc([C@@H](C=O)CC2OCCO2)cc1. The maximum Gasteiger partial charge on any atom is 0.158 e. The molecule has 0 bridgehead atoms. The van der Waals surface area contributed by atoms with Gasteiger partial charge in [0.2, 0.25) is 0 Å². The first-order valence-corrected chi connectivity index (χ1v) is 5.66. The lowest BCUT2D eigenvalue weighted by Gasteiger charge is -2.15. The second-order valence-corrected chi connectivity index (χ2v) is 3.92. The van der Waals surface area contributed by atoms with Crippen LogP contribution in [-0.2, 0) is 14.3 Å². The van der Waals surface area contributed by atoms with Gasteiger partial charge in [0.1, 0.15) is 12.0 Å². The Bertz CT molecular complexity index is 354. The van der Waals surface area contributed by atoms with Crippen molar-refractivity contribution in [2.24, 2.45) is 0 Å². The highest BCUT2D eigenvalue weighted by Crippen LogP contribution is 2.24. The molecule has 92 valence electrons. The minimum atomic E-state index is -0.257. The molecular formula is C13H16O4. The second kappa shape index (κ2) is 5.80. The van der Waals surface area contributed by atoms with Crippen molar-refractivity contribution in [2.45, 2.75) is 18.6 Å². The number of carbonyl (C=O) groups is 1. The van der Waals surface area contributed by atoms with Crippen molar-refractivity contribution >= 4 is 6.29 Å². The zero-order valence-electron chi connectivity index (χ0n) is 9.80. The summed E-state index contributed by atoms with van der Waals surface area (Å²) in [5, 5.41) is 0. The average molecular weight is 236 g/mol. The molecule has 0 spiro atoms. The zero-order chi connectivity index (χ0) is 12.1. The van der Waals surface area contributed by atoms with Gasteiger partial charge in [-0.25, -0.2) is 0 Å². The molecule has 1 atom stereocenters. The molecule has 1 aliphatic rings. The van der Waals surface area contributed by atoms with E-state index in [0.717, 1.165) is 17.6 Å². The van der Waals surface area contributed by atoms with Crippen molar-refractivity contribution in [1.29, 1.82) is 0 Å². The Morgan fingerprint density at radius 2 is 2.00 bits per heavy atom. The highest BCUT2D eigenvalue weighted by molar-refractivity contribution is 5.62. The first kappa shape index (κ1) is 12.1. The molecule has 2 rings (SSSR count). The van der Waals surface area contributed by atoms with E-state index in [9.17, 15) is 4.79 Å². The van der Waals surface area contributed by atoms with Gasteiger partial charge < -0.3 is 19.0 Å². The number of carbonyl (C=O) groups excluding carboxylic acids is 1. The minimum Gasteiger partial charge on any atom is -0.497 e. The van der Waals surface area contributed by atoms with Gasteiger partial charge in [0.15, 0.2) is 6.29 Å². The molecule has 0 N–H and O–H groups in total. The van der Waals surface area contributed by atoms with E-state index in [2.05, 4.69) is 0 Å². The van der Waals surface area contributed by atoms with Gasteiger partial charge in [0, 0.05) is 12.3 Å². The third kappa shape index (κ3) is 3.05. The molecule has 1 fully saturated rings. The summed E-state index contributed by atoms with van der Waals surface area (Å²) in [7, 11) is 1.62. The Kier molecular flexibility index (Phi) is 4.12. The van der Waals surface area contributed by atoms with Crippen LogP contribution in [0.25, 0.3) is 0 Å². The van der Waals surface area contributed by atoms with E-state index in [0.29, 0.717) is 19.6 Å². The van der Waals surface area contributed by atoms with Gasteiger partial charge in [0.25, 0.3) is 0 Å². The monoisotopic (exact) mass is 236 g/mol. The number of hydrogen-bond acceptors (Lipinski definition) is 4. The first-order valence-electron chi connectivity index (χ1n) is 5.66. The number of ether oxygens (including phenoxy) is 3. The third-order valence-electron chi connectivity index (χ3n) is 2.85. The molecule has 1 aliphatic heterocycles. The van der Waals surface area contributed by atoms with Crippen LogP contribution in [0.1, 0.15) is 17.9 Å². The van der Waals surface area contributed by atoms with Crippen LogP contribution in [0, 0.1) is 0 Å². The van der Waals surface area contributed by atoms with Gasteiger partial charge in [-0.2, -0.15) is 0 Å². The van der Waals surface area contributed by atoms with Gasteiger partial charge >= 0.3 is 0 Å². The lowest BCUT2D eigenvalue weighted by atomic mass is 9.97. The molecule has 0 aliphatic carbocycles. The molecular weight excluding hydrogens is 220 g/mol. The lowest BCUT2D eigenvalue weighted by molar-refractivity contribution is -0.112. The Labute approximate surface area is 100 Å². The summed E-state index contributed by atoms with van der Waals surface area (Å²) in [4.78, 5) is 11.1. The highest BCUT2D eigenvalue weighted by atomic mass is 16.7. The molecule has 0 unspecified atom stereocenters. The average Bonchev–Trinajstić information content (AvgIpc) is 2.89. The normalized spacial score (nSPS) is 17.9. The van der Waals surface area contributed by atoms with Crippen LogP contribution >= 0.6 is 0 Å². The number of benzene rings is 1. The van der Waals surface area contributed by atoms with E-state index in [1.807, 2.05) is 24.3 Å². The van der Waals surface area contributed by atoms with Crippen LogP contribution in [-0.4, -0.2) is 32.9 Å². The molecule has 0 aromatic heterocycles. The van der Waals surface area contributed by atoms with Crippen LogP contribution in [0.5, 0.6) is 5.75 Å². The fourth-order valence-corrected chi connectivity index (χ4v) is 1.87. The number of methoxy groups -OCH3 is 1. The smallest absolute Gasteiger partial charge is 0.158 e. The molecule has 0 saturated carbocycles. The van der Waals surface area contributed by atoms with Crippen LogP contribution < -0.4 is 4.74 Å². The number of aldehydes is 1. The molecule has 1 heterocycles. The predicted molar refractivity (Wildman–Crippen MR) is 62.1 cm³/mol. The molecule has 4 heteroatoms. The summed E-state index contributed by atoms with van der Waals surface area (Å²) < 4.78 is 15.8. The van der Waals surface area contributed by atoms with Gasteiger partial charge in [0.05, 0.1) is 20.3 Å². The Morgan fingerprint density at radius 1 is 1.35 bits per heavy atom. The van der Waals surface area contributed by atoms with E-state index in [4.69, 9.17) is 14.2 Å². The van der Waals surface area contributed by atoms with Crippen molar-refractivity contribution in [3.8, 4) is 5.75 Å². The Hall–Kier alpha value is -1.39. The minimum absolute atomic E-state index is 0.191. The molecule has 1 aromatic rings. The fourth-order valence-electron chi connectivity index (χ4n) is 1.87. The highest BCUT2D eigenvalue weighted by Gasteiger charge is 2.22. The van der Waals surface area contributed by atoms with Crippen molar-refractivity contribution in [3.05, 3.63) is 29.8 Å². The van der Waals surface area contributed by atoms with E-state index in [-0.39, 0.29) is 12.2 Å². The summed E-state index contributed by atoms with van der Waals surface area (Å²) in [5.41, 5.74) is 0.958. The Balaban J connectivity index is 2.02. The largest absolute Gasteiger partial charge is 0.497 e. The number of hydrogen-bond donors (Lipinski definition) is 0. The standard InChI is InChI=1S/C13H16O4/c1-15-12-4-2-10(3-5-12)11(9-14)8-13-16-6-7-17-13/h2-5,9,11,13H,6-8H2,1H3/t11-/m1/s1. The topological polar surface area (TPSA) is 44.8 Å². The summed E-state index contributed by atoms with van der Waals surface area (Å²) in [5.74, 6) is 0.593. The van der Waals surface area contributed by atoms with Gasteiger partial charge in [-0.3, -0.25) is 0 Å². The zero-order valence-corrected chi connectivity index (χ0v) is 9.80. The molecule has 17 heavy (non-hydrogen) atoms. The van der Waals surface area contributed by atoms with Crippen molar-refractivity contribution in [1.82, 2.24) is 0 Å². The molecule has 0 radical (unpaired) electrons. The third-order valence-corrected chi connectivity index (χ3v) is 2.85. The second-order valence-electron chi connectivity index (χ2n) is 3.92.